The molecule has 0 aromatic heterocycles. The van der Waals surface area contributed by atoms with Crippen LogP contribution in [0.25, 0.3) is 0 Å². The Kier molecular flexibility index (Phi) is 4.50. The Hall–Kier alpha value is -1.71. The van der Waals surface area contributed by atoms with Crippen LogP contribution in [0.3, 0.4) is 0 Å². The van der Waals surface area contributed by atoms with Gasteiger partial charge in [0.1, 0.15) is 10.6 Å². The molecule has 0 aliphatic carbocycles. The molecule has 2 heterocycles. The molecule has 2 saturated heterocycles. The number of hydrogen-bond donors (Lipinski definition) is 1. The number of benzene rings is 1. The van der Waals surface area contributed by atoms with Gasteiger partial charge in [0.15, 0.2) is 0 Å². The largest absolute Gasteiger partial charge is 0.495 e. The van der Waals surface area contributed by atoms with Crippen molar-refractivity contribution in [3.8, 4) is 5.75 Å². The number of sulfonamides is 1. The lowest BCUT2D eigenvalue weighted by atomic mass is 10.0. The van der Waals surface area contributed by atoms with Crippen molar-refractivity contribution in [2.24, 2.45) is 0 Å². The number of fused-ring (bicyclic) bond motifs is 2. The Morgan fingerprint density at radius 2 is 1.92 bits per heavy atom. The SMILES string of the molecule is COc1cc([N+](=O)[O-])ccc1S(=O)(=O)N(C)C1CC2CCC(C1)N2. The van der Waals surface area contributed by atoms with Gasteiger partial charge in [0.05, 0.1) is 18.1 Å². The summed E-state index contributed by atoms with van der Waals surface area (Å²) in [7, 11) is -0.902. The van der Waals surface area contributed by atoms with Gasteiger partial charge in [-0.05, 0) is 31.7 Å². The summed E-state index contributed by atoms with van der Waals surface area (Å²) in [5.41, 5.74) is -0.201. The Labute approximate surface area is 141 Å². The summed E-state index contributed by atoms with van der Waals surface area (Å²) < 4.78 is 32.4. The van der Waals surface area contributed by atoms with Gasteiger partial charge in [0, 0.05) is 31.2 Å². The third-order valence-electron chi connectivity index (χ3n) is 4.98. The Balaban J connectivity index is 1.91. The van der Waals surface area contributed by atoms with Crippen molar-refractivity contribution in [1.82, 2.24) is 9.62 Å². The summed E-state index contributed by atoms with van der Waals surface area (Å²) in [5, 5.41) is 14.4. The van der Waals surface area contributed by atoms with E-state index < -0.39 is 14.9 Å². The maximum atomic E-state index is 13.0. The first kappa shape index (κ1) is 17.1. The molecule has 9 heteroatoms. The first-order valence-corrected chi connectivity index (χ1v) is 9.33. The summed E-state index contributed by atoms with van der Waals surface area (Å²) in [6, 6.07) is 4.24. The molecular weight excluding hydrogens is 334 g/mol. The lowest BCUT2D eigenvalue weighted by Crippen LogP contribution is -2.48. The normalized spacial score (nSPS) is 26.5. The van der Waals surface area contributed by atoms with E-state index in [9.17, 15) is 18.5 Å². The molecular formula is C15H21N3O5S. The van der Waals surface area contributed by atoms with Gasteiger partial charge in [-0.1, -0.05) is 0 Å². The van der Waals surface area contributed by atoms with Crippen LogP contribution in [-0.2, 0) is 10.0 Å². The molecule has 0 saturated carbocycles. The number of methoxy groups -OCH3 is 1. The van der Waals surface area contributed by atoms with E-state index in [4.69, 9.17) is 4.74 Å². The highest BCUT2D eigenvalue weighted by atomic mass is 32.2. The second kappa shape index (κ2) is 6.30. The third kappa shape index (κ3) is 2.99. The van der Waals surface area contributed by atoms with E-state index in [2.05, 4.69) is 5.32 Å². The van der Waals surface area contributed by atoms with E-state index in [1.54, 1.807) is 7.05 Å². The van der Waals surface area contributed by atoms with Gasteiger partial charge in [0.25, 0.3) is 5.69 Å². The quantitative estimate of drug-likeness (QED) is 0.634. The fraction of sp³-hybridized carbons (Fsp3) is 0.600. The number of nitro groups is 1. The van der Waals surface area contributed by atoms with E-state index in [1.165, 1.54) is 23.5 Å². The van der Waals surface area contributed by atoms with Crippen molar-refractivity contribution < 1.29 is 18.1 Å². The van der Waals surface area contributed by atoms with Gasteiger partial charge in [-0.3, -0.25) is 10.1 Å². The number of piperidine rings is 1. The van der Waals surface area contributed by atoms with Gasteiger partial charge < -0.3 is 10.1 Å². The lowest BCUT2D eigenvalue weighted by molar-refractivity contribution is -0.385. The van der Waals surface area contributed by atoms with E-state index in [0.29, 0.717) is 12.1 Å². The summed E-state index contributed by atoms with van der Waals surface area (Å²) in [6.45, 7) is 0. The zero-order valence-electron chi connectivity index (χ0n) is 13.6. The number of nitrogens with zero attached hydrogens (tertiary/aromatic N) is 2. The minimum Gasteiger partial charge on any atom is -0.495 e. The fourth-order valence-electron chi connectivity index (χ4n) is 3.66. The third-order valence-corrected chi connectivity index (χ3v) is 6.93. The van der Waals surface area contributed by atoms with Crippen molar-refractivity contribution in [2.75, 3.05) is 14.2 Å². The fourth-order valence-corrected chi connectivity index (χ4v) is 5.17. The molecule has 2 unspecified atom stereocenters. The number of hydrogen-bond acceptors (Lipinski definition) is 6. The van der Waals surface area contributed by atoms with Crippen molar-refractivity contribution in [2.45, 2.75) is 48.7 Å². The maximum absolute atomic E-state index is 13.0. The highest BCUT2D eigenvalue weighted by molar-refractivity contribution is 7.89. The first-order chi connectivity index (χ1) is 11.3. The van der Waals surface area contributed by atoms with Crippen LogP contribution >= 0.6 is 0 Å². The van der Waals surface area contributed by atoms with Crippen LogP contribution in [0.4, 0.5) is 5.69 Å². The van der Waals surface area contributed by atoms with Crippen molar-refractivity contribution >= 4 is 15.7 Å². The summed E-state index contributed by atoms with van der Waals surface area (Å²) in [5.74, 6) is -0.00652. The second-order valence-electron chi connectivity index (χ2n) is 6.38. The molecule has 2 aliphatic heterocycles. The zero-order chi connectivity index (χ0) is 17.5. The molecule has 3 rings (SSSR count). The van der Waals surface area contributed by atoms with Crippen LogP contribution in [-0.4, -0.2) is 49.9 Å². The molecule has 2 atom stereocenters. The molecule has 1 aromatic carbocycles. The van der Waals surface area contributed by atoms with E-state index in [-0.39, 0.29) is 22.4 Å². The Bertz CT molecular complexity index is 739. The number of rotatable bonds is 5. The topological polar surface area (TPSA) is 102 Å². The summed E-state index contributed by atoms with van der Waals surface area (Å²) >= 11 is 0. The van der Waals surface area contributed by atoms with Crippen LogP contribution in [0.5, 0.6) is 5.75 Å². The molecule has 132 valence electrons. The van der Waals surface area contributed by atoms with E-state index in [1.807, 2.05) is 0 Å². The minimum absolute atomic E-state index is 0.00652. The monoisotopic (exact) mass is 355 g/mol. The molecule has 0 radical (unpaired) electrons. The van der Waals surface area contributed by atoms with Gasteiger partial charge in [-0.25, -0.2) is 8.42 Å². The number of ether oxygens (including phenoxy) is 1. The van der Waals surface area contributed by atoms with Crippen molar-refractivity contribution in [3.63, 3.8) is 0 Å². The number of non-ortho nitro benzene ring substituents is 1. The molecule has 0 amide bonds. The van der Waals surface area contributed by atoms with Crippen molar-refractivity contribution in [3.05, 3.63) is 28.3 Å². The molecule has 1 aromatic rings. The average molecular weight is 355 g/mol. The molecule has 8 nitrogen and oxygen atoms in total. The smallest absolute Gasteiger partial charge is 0.273 e. The van der Waals surface area contributed by atoms with E-state index in [0.717, 1.165) is 31.7 Å². The number of nitrogens with one attached hydrogen (secondary N) is 1. The zero-order valence-corrected chi connectivity index (χ0v) is 14.5. The van der Waals surface area contributed by atoms with Gasteiger partial charge in [0.2, 0.25) is 10.0 Å². The van der Waals surface area contributed by atoms with Crippen LogP contribution in [0, 0.1) is 10.1 Å². The first-order valence-electron chi connectivity index (χ1n) is 7.89. The van der Waals surface area contributed by atoms with Gasteiger partial charge >= 0.3 is 0 Å². The van der Waals surface area contributed by atoms with E-state index >= 15 is 0 Å². The summed E-state index contributed by atoms with van der Waals surface area (Å²) in [6.07, 6.45) is 3.72. The van der Waals surface area contributed by atoms with Gasteiger partial charge in [-0.15, -0.1) is 0 Å². The van der Waals surface area contributed by atoms with Crippen molar-refractivity contribution in [1.29, 1.82) is 0 Å². The predicted molar refractivity (Wildman–Crippen MR) is 87.6 cm³/mol. The molecule has 24 heavy (non-hydrogen) atoms. The lowest BCUT2D eigenvalue weighted by Gasteiger charge is -2.35. The Morgan fingerprint density at radius 1 is 1.29 bits per heavy atom. The van der Waals surface area contributed by atoms with Crippen LogP contribution < -0.4 is 10.1 Å². The standard InChI is InChI=1S/C15H21N3O5S/c1-17(13-7-10-3-4-11(8-13)16-10)24(21,22)15-6-5-12(18(19)20)9-14(15)23-2/h5-6,9-11,13,16H,3-4,7-8H2,1-2H3. The summed E-state index contributed by atoms with van der Waals surface area (Å²) in [4.78, 5) is 10.3. The molecule has 1 N–H and O–H groups in total. The highest BCUT2D eigenvalue weighted by Crippen LogP contribution is 2.35. The van der Waals surface area contributed by atoms with Gasteiger partial charge in [-0.2, -0.15) is 4.31 Å². The second-order valence-corrected chi connectivity index (χ2v) is 8.34. The predicted octanol–water partition coefficient (Wildman–Crippen LogP) is 1.51. The van der Waals surface area contributed by atoms with Crippen LogP contribution in [0.2, 0.25) is 0 Å². The highest BCUT2D eigenvalue weighted by Gasteiger charge is 2.39. The minimum atomic E-state index is -3.78. The van der Waals surface area contributed by atoms with Crippen LogP contribution in [0.1, 0.15) is 25.7 Å². The molecule has 2 fully saturated rings. The molecule has 0 spiro atoms. The molecule has 2 bridgehead atoms. The number of nitro benzene ring substituents is 1. The Morgan fingerprint density at radius 3 is 2.46 bits per heavy atom. The maximum Gasteiger partial charge on any atom is 0.273 e. The molecule has 2 aliphatic rings. The van der Waals surface area contributed by atoms with Crippen LogP contribution in [0.15, 0.2) is 23.1 Å². The average Bonchev–Trinajstić information content (AvgIpc) is 2.91.